The molecule has 0 radical (unpaired) electrons. The van der Waals surface area contributed by atoms with Crippen LogP contribution >= 0.6 is 0 Å². The first kappa shape index (κ1) is 29.3. The highest BCUT2D eigenvalue weighted by atomic mass is 16.5. The van der Waals surface area contributed by atoms with Crippen molar-refractivity contribution < 1.29 is 14.3 Å². The summed E-state index contributed by atoms with van der Waals surface area (Å²) in [6.07, 6.45) is 13.1. The summed E-state index contributed by atoms with van der Waals surface area (Å²) < 4.78 is 9.58. The van der Waals surface area contributed by atoms with E-state index in [9.17, 15) is 9.59 Å². The molecule has 0 bridgehead atoms. The third kappa shape index (κ3) is 5.84. The second kappa shape index (κ2) is 12.2. The van der Waals surface area contributed by atoms with Crippen LogP contribution in [-0.2, 0) is 16.1 Å². The number of allylic oxidation sites excluding steroid dienone is 2. The Labute approximate surface area is 259 Å². The molecule has 12 nitrogen and oxygen atoms in total. The van der Waals surface area contributed by atoms with Crippen molar-refractivity contribution in [2.45, 2.75) is 97.2 Å². The summed E-state index contributed by atoms with van der Waals surface area (Å²) in [6.45, 7) is 8.69. The average molecular weight is 606 g/mol. The Morgan fingerprint density at radius 2 is 1.89 bits per heavy atom. The molecule has 0 spiro atoms. The summed E-state index contributed by atoms with van der Waals surface area (Å²) in [5.41, 5.74) is 3.21. The number of nitrogens with one attached hydrogen (secondary N) is 3. The predicted molar refractivity (Wildman–Crippen MR) is 165 cm³/mol. The van der Waals surface area contributed by atoms with Gasteiger partial charge >= 0.3 is 0 Å². The lowest BCUT2D eigenvalue weighted by atomic mass is 9.85. The maximum absolute atomic E-state index is 13.2. The molecule has 44 heavy (non-hydrogen) atoms. The molecule has 2 amide bonds. The third-order valence-electron chi connectivity index (χ3n) is 10.4. The molecular weight excluding hydrogens is 558 g/mol. The Morgan fingerprint density at radius 3 is 2.64 bits per heavy atom. The second-order valence-electron chi connectivity index (χ2n) is 14.0. The van der Waals surface area contributed by atoms with Crippen molar-refractivity contribution in [3.63, 3.8) is 0 Å². The SMILES string of the molecule is CC(C)n1ncnc1C(=O)NCc1cn2c(n1)NC(C1CCOCC1)=C(C[C@H]1C[C@H](C)CNC1=O)N2C1CC[C@H]2C[C@@H]2CC1. The summed E-state index contributed by atoms with van der Waals surface area (Å²) in [5.74, 6) is 3.43. The van der Waals surface area contributed by atoms with E-state index in [1.54, 1.807) is 4.68 Å². The Kier molecular flexibility index (Phi) is 8.11. The second-order valence-corrected chi connectivity index (χ2v) is 14.0. The number of aromatic nitrogens is 5. The van der Waals surface area contributed by atoms with Gasteiger partial charge in [0.1, 0.15) is 6.33 Å². The van der Waals surface area contributed by atoms with Gasteiger partial charge in [0, 0.05) is 49.8 Å². The highest BCUT2D eigenvalue weighted by molar-refractivity contribution is 5.90. The van der Waals surface area contributed by atoms with Gasteiger partial charge in [0.25, 0.3) is 5.91 Å². The first-order valence-electron chi connectivity index (χ1n) is 16.8. The van der Waals surface area contributed by atoms with Crippen molar-refractivity contribution in [1.29, 1.82) is 0 Å². The summed E-state index contributed by atoms with van der Waals surface area (Å²) in [7, 11) is 0. The normalized spacial score (nSPS) is 27.8. The number of carbonyl (C=O) groups is 2. The minimum atomic E-state index is -0.269. The fraction of sp³-hybridized carbons (Fsp3) is 0.719. The molecule has 4 atom stereocenters. The highest BCUT2D eigenvalue weighted by Crippen LogP contribution is 2.49. The number of hydrogen-bond donors (Lipinski definition) is 3. The van der Waals surface area contributed by atoms with Crippen LogP contribution in [0.3, 0.4) is 0 Å². The maximum Gasteiger partial charge on any atom is 0.289 e. The van der Waals surface area contributed by atoms with E-state index in [2.05, 4.69) is 48.8 Å². The van der Waals surface area contributed by atoms with E-state index in [-0.39, 0.29) is 30.3 Å². The molecule has 3 N–H and O–H groups in total. The van der Waals surface area contributed by atoms with Gasteiger partial charge in [-0.3, -0.25) is 14.6 Å². The number of piperidine rings is 1. The molecular formula is C32H47N9O3. The Bertz CT molecular complexity index is 1400. The lowest BCUT2D eigenvalue weighted by molar-refractivity contribution is -0.127. The van der Waals surface area contributed by atoms with Crippen LogP contribution in [-0.4, -0.2) is 62.0 Å². The molecule has 0 unspecified atom stereocenters. The van der Waals surface area contributed by atoms with Gasteiger partial charge in [0.2, 0.25) is 17.7 Å². The van der Waals surface area contributed by atoms with Crippen LogP contribution in [0.25, 0.3) is 0 Å². The fourth-order valence-corrected chi connectivity index (χ4v) is 7.89. The van der Waals surface area contributed by atoms with Crippen LogP contribution in [0.5, 0.6) is 0 Å². The van der Waals surface area contributed by atoms with Crippen LogP contribution in [0.15, 0.2) is 23.9 Å². The van der Waals surface area contributed by atoms with Crippen molar-refractivity contribution in [3.05, 3.63) is 35.4 Å². The number of fused-ring (bicyclic) bond motifs is 2. The van der Waals surface area contributed by atoms with E-state index in [4.69, 9.17) is 9.72 Å². The first-order chi connectivity index (χ1) is 21.4. The van der Waals surface area contributed by atoms with Crippen LogP contribution < -0.4 is 21.0 Å². The lowest BCUT2D eigenvalue weighted by Crippen LogP contribution is -2.49. The number of nitrogens with zero attached hydrogens (tertiary/aromatic N) is 6. The number of rotatable bonds is 8. The molecule has 5 aliphatic rings. The molecule has 2 saturated carbocycles. The van der Waals surface area contributed by atoms with E-state index >= 15 is 0 Å². The van der Waals surface area contributed by atoms with Crippen molar-refractivity contribution in [2.75, 3.05) is 30.1 Å². The van der Waals surface area contributed by atoms with E-state index < -0.39 is 0 Å². The Balaban J connectivity index is 1.21. The van der Waals surface area contributed by atoms with Gasteiger partial charge in [0.05, 0.1) is 30.2 Å². The lowest BCUT2D eigenvalue weighted by Gasteiger charge is -2.44. The topological polar surface area (TPSA) is 131 Å². The summed E-state index contributed by atoms with van der Waals surface area (Å²) in [5, 5.41) is 16.6. The molecule has 2 aromatic heterocycles. The summed E-state index contributed by atoms with van der Waals surface area (Å²) in [4.78, 5) is 35.5. The zero-order valence-electron chi connectivity index (χ0n) is 26.3. The molecule has 2 aromatic rings. The molecule has 0 aromatic carbocycles. The number of hydrogen-bond acceptors (Lipinski definition) is 8. The van der Waals surface area contributed by atoms with E-state index in [1.165, 1.54) is 37.0 Å². The number of amides is 2. The fourth-order valence-electron chi connectivity index (χ4n) is 7.89. The predicted octanol–water partition coefficient (Wildman–Crippen LogP) is 3.73. The smallest absolute Gasteiger partial charge is 0.289 e. The molecule has 12 heteroatoms. The van der Waals surface area contributed by atoms with Crippen molar-refractivity contribution >= 4 is 17.8 Å². The number of ether oxygens (including phenoxy) is 1. The largest absolute Gasteiger partial charge is 0.381 e. The Morgan fingerprint density at radius 1 is 1.11 bits per heavy atom. The maximum atomic E-state index is 13.2. The van der Waals surface area contributed by atoms with Gasteiger partial charge in [-0.2, -0.15) is 5.10 Å². The molecule has 4 fully saturated rings. The van der Waals surface area contributed by atoms with Gasteiger partial charge in [-0.25, -0.2) is 19.3 Å². The minimum Gasteiger partial charge on any atom is -0.381 e. The molecule has 238 valence electrons. The van der Waals surface area contributed by atoms with Gasteiger partial charge in [-0.15, -0.1) is 0 Å². The monoisotopic (exact) mass is 605 g/mol. The zero-order chi connectivity index (χ0) is 30.4. The van der Waals surface area contributed by atoms with E-state index in [1.807, 2.05) is 13.8 Å². The zero-order valence-corrected chi connectivity index (χ0v) is 26.3. The van der Waals surface area contributed by atoms with Gasteiger partial charge in [0.15, 0.2) is 0 Å². The first-order valence-corrected chi connectivity index (χ1v) is 16.8. The average Bonchev–Trinajstić information content (AvgIpc) is 3.42. The molecule has 7 rings (SSSR count). The van der Waals surface area contributed by atoms with Crippen LogP contribution in [0.1, 0.15) is 101 Å². The van der Waals surface area contributed by atoms with Gasteiger partial charge < -0.3 is 20.7 Å². The van der Waals surface area contributed by atoms with Gasteiger partial charge in [-0.05, 0) is 83.0 Å². The van der Waals surface area contributed by atoms with Crippen LogP contribution in [0, 0.1) is 29.6 Å². The summed E-state index contributed by atoms with van der Waals surface area (Å²) in [6, 6.07) is 0.364. The third-order valence-corrected chi connectivity index (χ3v) is 10.4. The molecule has 5 heterocycles. The standard InChI is InChI=1S/C32H47N9O3/c1-19(2)40-29(35-18-36-40)31(43)34-16-25-17-39-32(37-25)38-28(21-8-10-44-11-9-21)27(14-24-12-20(3)15-33-30(24)42)41(39)26-6-4-22-13-23(22)5-7-26/h17-24,26H,4-16H2,1-3H3,(H,33,42)(H,34,43)(H,37,38)/t20-,22-,23-,24+/m0/s1. The van der Waals surface area contributed by atoms with Crippen LogP contribution in [0.2, 0.25) is 0 Å². The molecule has 2 aliphatic carbocycles. The summed E-state index contributed by atoms with van der Waals surface area (Å²) >= 11 is 0. The van der Waals surface area contributed by atoms with Crippen molar-refractivity contribution in [2.24, 2.45) is 29.6 Å². The van der Waals surface area contributed by atoms with E-state index in [0.29, 0.717) is 30.1 Å². The quantitative estimate of drug-likeness (QED) is 0.415. The van der Waals surface area contributed by atoms with Crippen molar-refractivity contribution in [3.8, 4) is 0 Å². The number of carbonyl (C=O) groups excluding carboxylic acids is 2. The molecule has 3 aliphatic heterocycles. The minimum absolute atomic E-state index is 0.0314. The van der Waals surface area contributed by atoms with Gasteiger partial charge in [-0.1, -0.05) is 6.92 Å². The molecule has 2 saturated heterocycles. The Hall–Kier alpha value is -3.41. The van der Waals surface area contributed by atoms with Crippen molar-refractivity contribution in [1.82, 2.24) is 35.1 Å². The number of imidazole rings is 1. The number of anilines is 1. The van der Waals surface area contributed by atoms with E-state index in [0.717, 1.165) is 75.3 Å². The highest BCUT2D eigenvalue weighted by Gasteiger charge is 2.43. The van der Waals surface area contributed by atoms with Crippen LogP contribution in [0.4, 0.5) is 5.95 Å².